The molecule has 0 radical (unpaired) electrons. The van der Waals surface area contributed by atoms with Gasteiger partial charge in [0.15, 0.2) is 0 Å². The Hall–Kier alpha value is -0.580. The molecule has 1 aromatic rings. The monoisotopic (exact) mass is 272 g/mol. The first-order valence-electron chi connectivity index (χ1n) is 5.86. The Morgan fingerprint density at radius 1 is 1.59 bits per heavy atom. The second kappa shape index (κ2) is 5.38. The number of rotatable bonds is 3. The van der Waals surface area contributed by atoms with E-state index in [4.69, 9.17) is 11.6 Å². The number of hydrogen-bond donors (Lipinski definition) is 1. The number of nitrogens with zero attached hydrogens (tertiary/aromatic N) is 1. The fourth-order valence-corrected chi connectivity index (χ4v) is 3.38. The van der Waals surface area contributed by atoms with Crippen LogP contribution < -0.4 is 5.32 Å². The number of amides is 1. The molecule has 2 atom stereocenters. The molecule has 1 saturated heterocycles. The topological polar surface area (TPSA) is 32.3 Å². The molecule has 1 aromatic heterocycles. The zero-order valence-electron chi connectivity index (χ0n) is 10.1. The van der Waals surface area contributed by atoms with E-state index in [1.165, 1.54) is 0 Å². The summed E-state index contributed by atoms with van der Waals surface area (Å²) in [5.41, 5.74) is 0. The molecule has 0 aliphatic carbocycles. The summed E-state index contributed by atoms with van der Waals surface area (Å²) in [6.07, 6.45) is 1.99. The third-order valence-corrected chi connectivity index (χ3v) is 4.70. The Bertz CT molecular complexity index is 407. The third kappa shape index (κ3) is 2.64. The lowest BCUT2D eigenvalue weighted by atomic mass is 10.0. The normalized spacial score (nSPS) is 22.9. The van der Waals surface area contributed by atoms with Crippen molar-refractivity contribution in [3.8, 4) is 0 Å². The molecule has 17 heavy (non-hydrogen) atoms. The minimum atomic E-state index is -0.0263. The molecule has 2 heterocycles. The van der Waals surface area contributed by atoms with Gasteiger partial charge < -0.3 is 10.2 Å². The van der Waals surface area contributed by atoms with Crippen molar-refractivity contribution >= 4 is 28.8 Å². The highest BCUT2D eigenvalue weighted by Gasteiger charge is 2.31. The van der Waals surface area contributed by atoms with Crippen molar-refractivity contribution < 1.29 is 4.79 Å². The van der Waals surface area contributed by atoms with Gasteiger partial charge in [0, 0.05) is 11.4 Å². The van der Waals surface area contributed by atoms with E-state index in [-0.39, 0.29) is 18.0 Å². The molecule has 0 spiro atoms. The first-order chi connectivity index (χ1) is 8.13. The maximum absolute atomic E-state index is 12.2. The summed E-state index contributed by atoms with van der Waals surface area (Å²) >= 11 is 7.49. The van der Waals surface area contributed by atoms with Gasteiger partial charge in [-0.15, -0.1) is 11.3 Å². The van der Waals surface area contributed by atoms with E-state index in [1.54, 1.807) is 11.3 Å². The molecule has 5 heteroatoms. The largest absolute Gasteiger partial charge is 0.334 e. The smallest absolute Gasteiger partial charge is 0.240 e. The Labute approximate surface area is 111 Å². The molecule has 1 aliphatic heterocycles. The van der Waals surface area contributed by atoms with Crippen LogP contribution in [-0.4, -0.2) is 30.4 Å². The van der Waals surface area contributed by atoms with Gasteiger partial charge in [0.2, 0.25) is 5.91 Å². The summed E-state index contributed by atoms with van der Waals surface area (Å²) in [5, 5.41) is 3.08. The predicted molar refractivity (Wildman–Crippen MR) is 71.5 cm³/mol. The first-order valence-corrected chi connectivity index (χ1v) is 7.06. The Morgan fingerprint density at radius 3 is 2.94 bits per heavy atom. The van der Waals surface area contributed by atoms with E-state index >= 15 is 0 Å². The average Bonchev–Trinajstić information content (AvgIpc) is 2.75. The van der Waals surface area contributed by atoms with Gasteiger partial charge in [0.25, 0.3) is 0 Å². The van der Waals surface area contributed by atoms with Gasteiger partial charge in [-0.1, -0.05) is 11.6 Å². The van der Waals surface area contributed by atoms with E-state index < -0.39 is 0 Å². The summed E-state index contributed by atoms with van der Waals surface area (Å²) in [5.74, 6) is 0.204. The number of hydrogen-bond acceptors (Lipinski definition) is 3. The zero-order chi connectivity index (χ0) is 12.4. The second-order valence-electron chi connectivity index (χ2n) is 4.33. The van der Waals surface area contributed by atoms with Crippen LogP contribution in [0.1, 0.15) is 30.7 Å². The highest BCUT2D eigenvalue weighted by atomic mass is 35.5. The van der Waals surface area contributed by atoms with Crippen molar-refractivity contribution in [3.05, 3.63) is 21.3 Å². The number of halogens is 1. The van der Waals surface area contributed by atoms with Gasteiger partial charge in [0.05, 0.1) is 16.4 Å². The standard InChI is InChI=1S/C12H17ClN2OS/c1-8(10-5-6-11(13)17-10)15-7-3-4-9(14-2)12(15)16/h5-6,8-9,14H,3-4,7H2,1-2H3. The summed E-state index contributed by atoms with van der Waals surface area (Å²) in [7, 11) is 1.85. The number of piperidine rings is 1. The maximum Gasteiger partial charge on any atom is 0.240 e. The highest BCUT2D eigenvalue weighted by Crippen LogP contribution is 2.32. The number of likely N-dealkylation sites (N-methyl/N-ethyl adjacent to an activating group) is 1. The maximum atomic E-state index is 12.2. The van der Waals surface area contributed by atoms with Crippen LogP contribution >= 0.6 is 22.9 Å². The third-order valence-electron chi connectivity index (χ3n) is 3.29. The van der Waals surface area contributed by atoms with Gasteiger partial charge in [-0.2, -0.15) is 0 Å². The van der Waals surface area contributed by atoms with Crippen molar-refractivity contribution in [2.75, 3.05) is 13.6 Å². The van der Waals surface area contributed by atoms with Crippen LogP contribution in [-0.2, 0) is 4.79 Å². The second-order valence-corrected chi connectivity index (χ2v) is 6.08. The fourth-order valence-electron chi connectivity index (χ4n) is 2.26. The van der Waals surface area contributed by atoms with Crippen molar-refractivity contribution in [1.82, 2.24) is 10.2 Å². The van der Waals surface area contributed by atoms with E-state index in [0.717, 1.165) is 28.6 Å². The van der Waals surface area contributed by atoms with Crippen molar-refractivity contribution in [2.24, 2.45) is 0 Å². The fraction of sp³-hybridized carbons (Fsp3) is 0.583. The van der Waals surface area contributed by atoms with Crippen molar-refractivity contribution in [1.29, 1.82) is 0 Å². The minimum Gasteiger partial charge on any atom is -0.334 e. The van der Waals surface area contributed by atoms with Crippen LogP contribution in [0.3, 0.4) is 0 Å². The number of carbonyl (C=O) groups is 1. The van der Waals surface area contributed by atoms with Gasteiger partial charge >= 0.3 is 0 Å². The molecule has 0 saturated carbocycles. The van der Waals surface area contributed by atoms with Gasteiger partial charge in [-0.05, 0) is 38.9 Å². The number of likely N-dealkylation sites (tertiary alicyclic amines) is 1. The molecule has 1 amide bonds. The Balaban J connectivity index is 2.13. The van der Waals surface area contributed by atoms with Crippen LogP contribution in [0, 0.1) is 0 Å². The molecule has 0 bridgehead atoms. The minimum absolute atomic E-state index is 0.0263. The van der Waals surface area contributed by atoms with Crippen LogP contribution in [0.15, 0.2) is 12.1 Å². The average molecular weight is 273 g/mol. The zero-order valence-corrected chi connectivity index (χ0v) is 11.6. The molecule has 2 rings (SSSR count). The molecule has 3 nitrogen and oxygen atoms in total. The molecule has 1 N–H and O–H groups in total. The predicted octanol–water partition coefficient (Wildman–Crippen LogP) is 2.67. The van der Waals surface area contributed by atoms with Crippen LogP contribution in [0.25, 0.3) is 0 Å². The molecule has 1 aliphatic rings. The van der Waals surface area contributed by atoms with Crippen LogP contribution in [0.2, 0.25) is 4.34 Å². The van der Waals surface area contributed by atoms with E-state index in [9.17, 15) is 4.79 Å². The lowest BCUT2D eigenvalue weighted by Crippen LogP contribution is -2.50. The number of thiophene rings is 1. The van der Waals surface area contributed by atoms with E-state index in [2.05, 4.69) is 12.2 Å². The summed E-state index contributed by atoms with van der Waals surface area (Å²) in [6, 6.07) is 3.99. The summed E-state index contributed by atoms with van der Waals surface area (Å²) in [4.78, 5) is 15.3. The quantitative estimate of drug-likeness (QED) is 0.918. The lowest BCUT2D eigenvalue weighted by molar-refractivity contribution is -0.138. The van der Waals surface area contributed by atoms with Crippen LogP contribution in [0.4, 0.5) is 0 Å². The SMILES string of the molecule is CNC1CCCN(C(C)c2ccc(Cl)s2)C1=O. The molecule has 94 valence electrons. The molecule has 1 fully saturated rings. The van der Waals surface area contributed by atoms with E-state index in [0.29, 0.717) is 0 Å². The van der Waals surface area contributed by atoms with Crippen LogP contribution in [0.5, 0.6) is 0 Å². The van der Waals surface area contributed by atoms with Crippen molar-refractivity contribution in [2.45, 2.75) is 31.8 Å². The number of nitrogens with one attached hydrogen (secondary N) is 1. The van der Waals surface area contributed by atoms with Gasteiger partial charge in [0.1, 0.15) is 0 Å². The van der Waals surface area contributed by atoms with Crippen molar-refractivity contribution in [3.63, 3.8) is 0 Å². The Morgan fingerprint density at radius 2 is 2.35 bits per heavy atom. The molecule has 0 aromatic carbocycles. The molecular weight excluding hydrogens is 256 g/mol. The molecular formula is C12H17ClN2OS. The van der Waals surface area contributed by atoms with Gasteiger partial charge in [-0.25, -0.2) is 0 Å². The Kier molecular flexibility index (Phi) is 4.07. The van der Waals surface area contributed by atoms with Gasteiger partial charge in [-0.3, -0.25) is 4.79 Å². The summed E-state index contributed by atoms with van der Waals surface area (Å²) in [6.45, 7) is 2.91. The first kappa shape index (κ1) is 12.9. The molecule has 2 unspecified atom stereocenters. The number of carbonyl (C=O) groups excluding carboxylic acids is 1. The van der Waals surface area contributed by atoms with E-state index in [1.807, 2.05) is 24.1 Å². The highest BCUT2D eigenvalue weighted by molar-refractivity contribution is 7.16. The lowest BCUT2D eigenvalue weighted by Gasteiger charge is -2.36. The summed E-state index contributed by atoms with van der Waals surface area (Å²) < 4.78 is 0.779.